The van der Waals surface area contributed by atoms with Crippen molar-refractivity contribution in [2.45, 2.75) is 98.0 Å². The number of hydrogen-bond donors (Lipinski definition) is 6. The van der Waals surface area contributed by atoms with Gasteiger partial charge in [0.25, 0.3) is 0 Å². The Hall–Kier alpha value is -4.97. The van der Waals surface area contributed by atoms with Gasteiger partial charge in [0.2, 0.25) is 11.8 Å². The maximum Gasteiger partial charge on any atom is 0.407 e. The number of amides is 4. The Morgan fingerprint density at radius 1 is 0.745 bits per heavy atom. The third-order valence-corrected chi connectivity index (χ3v) is 8.58. The van der Waals surface area contributed by atoms with Gasteiger partial charge < -0.3 is 36.2 Å². The first-order valence-corrected chi connectivity index (χ1v) is 17.1. The lowest BCUT2D eigenvalue weighted by Gasteiger charge is -2.34. The molecule has 12 nitrogen and oxygen atoms in total. The minimum Gasteiger partial charge on any atom is -0.465 e. The topological polar surface area (TPSA) is 179 Å². The van der Waals surface area contributed by atoms with E-state index in [1.165, 1.54) is 7.11 Å². The number of pyridine rings is 1. The Bertz CT molecular complexity index is 1600. The Morgan fingerprint density at radius 2 is 1.31 bits per heavy atom. The maximum atomic E-state index is 13.8. The predicted molar refractivity (Wildman–Crippen MR) is 196 cm³/mol. The van der Waals surface area contributed by atoms with Crippen molar-refractivity contribution >= 4 is 24.0 Å². The highest BCUT2D eigenvalue weighted by atomic mass is 16.5. The van der Waals surface area contributed by atoms with E-state index in [4.69, 9.17) is 4.74 Å². The van der Waals surface area contributed by atoms with Crippen molar-refractivity contribution in [1.82, 2.24) is 26.3 Å². The van der Waals surface area contributed by atoms with Crippen LogP contribution in [0, 0.1) is 17.8 Å². The first kappa shape index (κ1) is 40.5. The maximum absolute atomic E-state index is 13.8. The summed E-state index contributed by atoms with van der Waals surface area (Å²) in [5.41, 5.74) is 3.05. The lowest BCUT2D eigenvalue weighted by molar-refractivity contribution is -0.128. The van der Waals surface area contributed by atoms with Crippen molar-refractivity contribution in [2.24, 2.45) is 10.8 Å². The molecule has 0 aliphatic heterocycles. The molecule has 51 heavy (non-hydrogen) atoms. The minimum atomic E-state index is -1.34. The number of methoxy groups -OCH3 is 1. The molecule has 3 rings (SSSR count). The van der Waals surface area contributed by atoms with E-state index in [0.29, 0.717) is 6.42 Å². The van der Waals surface area contributed by atoms with Gasteiger partial charge in [-0.3, -0.25) is 14.6 Å². The van der Waals surface area contributed by atoms with Crippen LogP contribution in [0.3, 0.4) is 0 Å². The van der Waals surface area contributed by atoms with E-state index >= 15 is 0 Å². The Kier molecular flexibility index (Phi) is 14.1. The third-order valence-electron chi connectivity index (χ3n) is 8.58. The molecule has 12 heteroatoms. The number of carboxylic acid groups (broad SMARTS) is 1. The molecule has 0 radical (unpaired) electrons. The Balaban J connectivity index is 1.96. The van der Waals surface area contributed by atoms with E-state index < -0.39 is 65.1 Å². The number of benzene rings is 2. The van der Waals surface area contributed by atoms with Crippen LogP contribution >= 0.6 is 0 Å². The molecule has 0 aliphatic carbocycles. The number of hydrogen-bond acceptors (Lipinski definition) is 7. The molecule has 6 N–H and O–H groups in total. The van der Waals surface area contributed by atoms with Gasteiger partial charge >= 0.3 is 12.2 Å². The molecule has 1 heterocycles. The van der Waals surface area contributed by atoms with E-state index in [2.05, 4.69) is 26.3 Å². The number of aliphatic hydroxyl groups excluding tert-OH is 1. The fraction of sp³-hybridized carbons (Fsp3) is 0.462. The van der Waals surface area contributed by atoms with E-state index in [1.54, 1.807) is 27.0 Å². The molecule has 0 unspecified atom stereocenters. The largest absolute Gasteiger partial charge is 0.465 e. The van der Waals surface area contributed by atoms with Crippen LogP contribution in [0.15, 0.2) is 72.9 Å². The SMILES string of the molecule is COC(=O)N[C@H](C(=O)N[C@@H](Cc1ccc(-c2ccc(C)cn2)cc1)C[C@H](O)[C@H](Cc1ccccc1)NC(=O)[C@H](NC(=O)O)C(C)(C)C)C(C)(C)C. The standard InChI is InChI=1S/C39H53N5O7/c1-24-14-19-29(40-23-24)27-17-15-26(16-18-27)20-28(41-34(46)33(39(5,6)7)44-37(50)51-8)22-31(45)30(21-25-12-10-9-11-13-25)42-35(47)32(38(2,3)4)43-36(48)49/h9-19,23,28,30-33,43,45H,20-22H2,1-8H3,(H,41,46)(H,42,47)(H,44,50)(H,48,49)/t28-,30-,31-,32-,33+/m0/s1. The van der Waals surface area contributed by atoms with Gasteiger partial charge in [-0.1, -0.05) is 102 Å². The Morgan fingerprint density at radius 3 is 1.84 bits per heavy atom. The molecule has 4 amide bonds. The number of aryl methyl sites for hydroxylation is 1. The molecule has 0 saturated carbocycles. The number of carbonyl (C=O) groups excluding carboxylic acids is 3. The van der Waals surface area contributed by atoms with Crippen molar-refractivity contribution < 1.29 is 34.1 Å². The molecule has 0 spiro atoms. The van der Waals surface area contributed by atoms with Gasteiger partial charge in [0.05, 0.1) is 24.9 Å². The van der Waals surface area contributed by atoms with E-state index in [9.17, 15) is 29.4 Å². The number of ether oxygens (including phenoxy) is 1. The molecule has 3 aromatic rings. The van der Waals surface area contributed by atoms with Crippen LogP contribution in [0.1, 0.15) is 64.7 Å². The summed E-state index contributed by atoms with van der Waals surface area (Å²) in [5.74, 6) is -1.05. The van der Waals surface area contributed by atoms with E-state index in [1.807, 2.05) is 94.4 Å². The van der Waals surface area contributed by atoms with Crippen LogP contribution < -0.4 is 21.3 Å². The van der Waals surface area contributed by atoms with Crippen molar-refractivity contribution in [3.05, 3.63) is 89.6 Å². The second-order valence-electron chi connectivity index (χ2n) is 15.1. The molecule has 1 aromatic heterocycles. The van der Waals surface area contributed by atoms with Gasteiger partial charge in [-0.15, -0.1) is 0 Å². The van der Waals surface area contributed by atoms with E-state index in [0.717, 1.165) is 27.9 Å². The zero-order valence-electron chi connectivity index (χ0n) is 30.8. The summed E-state index contributed by atoms with van der Waals surface area (Å²) in [5, 5.41) is 32.2. The van der Waals surface area contributed by atoms with Gasteiger partial charge in [-0.05, 0) is 59.8 Å². The highest BCUT2D eigenvalue weighted by Gasteiger charge is 2.37. The average Bonchev–Trinajstić information content (AvgIpc) is 3.05. The second kappa shape index (κ2) is 17.8. The van der Waals surface area contributed by atoms with Gasteiger partial charge in [0.1, 0.15) is 12.1 Å². The normalized spacial score (nSPS) is 14.6. The zero-order chi connectivity index (χ0) is 37.9. The lowest BCUT2D eigenvalue weighted by atomic mass is 9.85. The molecule has 0 saturated heterocycles. The Labute approximate surface area is 300 Å². The number of nitrogens with zero attached hydrogens (tertiary/aromatic N) is 1. The van der Waals surface area contributed by atoms with E-state index in [-0.39, 0.29) is 12.8 Å². The number of nitrogens with one attached hydrogen (secondary N) is 4. The first-order chi connectivity index (χ1) is 23.9. The smallest absolute Gasteiger partial charge is 0.407 e. The second-order valence-corrected chi connectivity index (χ2v) is 15.1. The highest BCUT2D eigenvalue weighted by molar-refractivity contribution is 5.87. The molecular formula is C39H53N5O7. The molecule has 0 aliphatic rings. The molecular weight excluding hydrogens is 650 g/mol. The fourth-order valence-corrected chi connectivity index (χ4v) is 5.74. The quantitative estimate of drug-likeness (QED) is 0.136. The molecule has 5 atom stereocenters. The van der Waals surface area contributed by atoms with Crippen LogP contribution in [0.2, 0.25) is 0 Å². The number of carbonyl (C=O) groups is 4. The first-order valence-electron chi connectivity index (χ1n) is 17.1. The fourth-order valence-electron chi connectivity index (χ4n) is 5.74. The summed E-state index contributed by atoms with van der Waals surface area (Å²) in [7, 11) is 1.22. The summed E-state index contributed by atoms with van der Waals surface area (Å²) in [6.07, 6.45) is -0.894. The van der Waals surface area contributed by atoms with Crippen LogP contribution in [-0.2, 0) is 27.2 Å². The van der Waals surface area contributed by atoms with Crippen LogP contribution in [0.25, 0.3) is 11.3 Å². The molecule has 276 valence electrons. The van der Waals surface area contributed by atoms with Crippen molar-refractivity contribution in [3.8, 4) is 11.3 Å². The summed E-state index contributed by atoms with van der Waals surface area (Å²) >= 11 is 0. The van der Waals surface area contributed by atoms with Gasteiger partial charge in [-0.2, -0.15) is 0 Å². The molecule has 2 aromatic carbocycles. The van der Waals surface area contributed by atoms with Gasteiger partial charge in [-0.25, -0.2) is 9.59 Å². The van der Waals surface area contributed by atoms with Crippen molar-refractivity contribution in [1.29, 1.82) is 0 Å². The monoisotopic (exact) mass is 703 g/mol. The zero-order valence-corrected chi connectivity index (χ0v) is 30.8. The van der Waals surface area contributed by atoms with Crippen LogP contribution in [0.4, 0.5) is 9.59 Å². The lowest BCUT2D eigenvalue weighted by Crippen LogP contribution is -2.58. The summed E-state index contributed by atoms with van der Waals surface area (Å²) in [4.78, 5) is 55.8. The van der Waals surface area contributed by atoms with Gasteiger partial charge in [0.15, 0.2) is 0 Å². The van der Waals surface area contributed by atoms with Crippen molar-refractivity contribution in [2.75, 3.05) is 7.11 Å². The van der Waals surface area contributed by atoms with Crippen molar-refractivity contribution in [3.63, 3.8) is 0 Å². The minimum absolute atomic E-state index is 0.0203. The third kappa shape index (κ3) is 12.7. The summed E-state index contributed by atoms with van der Waals surface area (Å²) < 4.78 is 4.78. The van der Waals surface area contributed by atoms with Crippen LogP contribution in [0.5, 0.6) is 0 Å². The highest BCUT2D eigenvalue weighted by Crippen LogP contribution is 2.24. The predicted octanol–water partition coefficient (Wildman–Crippen LogP) is 5.02. The summed E-state index contributed by atoms with van der Waals surface area (Å²) in [6, 6.07) is 17.4. The summed E-state index contributed by atoms with van der Waals surface area (Å²) in [6.45, 7) is 12.7. The average molecular weight is 704 g/mol. The number of rotatable bonds is 14. The number of aromatic nitrogens is 1. The number of aliphatic hydroxyl groups is 1. The number of alkyl carbamates (subject to hydrolysis) is 1. The van der Waals surface area contributed by atoms with Crippen LogP contribution in [-0.4, -0.2) is 76.6 Å². The molecule has 0 bridgehead atoms. The van der Waals surface area contributed by atoms with Gasteiger partial charge in [0, 0.05) is 17.8 Å². The molecule has 0 fully saturated rings.